The normalized spacial score (nSPS) is 17.8. The van der Waals surface area contributed by atoms with E-state index in [9.17, 15) is 21.6 Å². The minimum Gasteiger partial charge on any atom is -0.350 e. The van der Waals surface area contributed by atoms with Gasteiger partial charge in [0.2, 0.25) is 11.9 Å². The molecule has 2 aromatic heterocycles. The zero-order valence-corrected chi connectivity index (χ0v) is 17.7. The second-order valence-corrected chi connectivity index (χ2v) is 9.74. The van der Waals surface area contributed by atoms with Gasteiger partial charge in [-0.15, -0.1) is 0 Å². The van der Waals surface area contributed by atoms with E-state index in [-0.39, 0.29) is 23.5 Å². The van der Waals surface area contributed by atoms with E-state index in [2.05, 4.69) is 30.6 Å². The third-order valence-corrected chi connectivity index (χ3v) is 6.60. The molecule has 3 aromatic rings. The summed E-state index contributed by atoms with van der Waals surface area (Å²) < 4.78 is 61.8. The Bertz CT molecular complexity index is 1230. The van der Waals surface area contributed by atoms with Crippen LogP contribution >= 0.6 is 0 Å². The number of alkyl halides is 3. The molecule has 4 rings (SSSR count). The SMILES string of the molecule is Cc1cc(Nc2nccc(C(F)(F)F)n2)cc(-c2cnc(NC3CCS(=O)(=O)C3)nc2)c1. The highest BCUT2D eigenvalue weighted by molar-refractivity contribution is 7.91. The summed E-state index contributed by atoms with van der Waals surface area (Å²) >= 11 is 0. The van der Waals surface area contributed by atoms with Crippen LogP contribution in [0, 0.1) is 6.92 Å². The van der Waals surface area contributed by atoms with Gasteiger partial charge in [-0.3, -0.25) is 0 Å². The van der Waals surface area contributed by atoms with Crippen LogP contribution in [0.4, 0.5) is 30.8 Å². The van der Waals surface area contributed by atoms with Gasteiger partial charge in [0.15, 0.2) is 9.84 Å². The molecule has 1 aliphatic rings. The number of nitrogens with one attached hydrogen (secondary N) is 2. The van der Waals surface area contributed by atoms with E-state index < -0.39 is 21.7 Å². The van der Waals surface area contributed by atoms with Crippen molar-refractivity contribution in [1.82, 2.24) is 19.9 Å². The van der Waals surface area contributed by atoms with Gasteiger partial charge in [-0.1, -0.05) is 6.07 Å². The molecule has 1 unspecified atom stereocenters. The van der Waals surface area contributed by atoms with Gasteiger partial charge in [-0.25, -0.2) is 28.4 Å². The Morgan fingerprint density at radius 2 is 1.78 bits per heavy atom. The smallest absolute Gasteiger partial charge is 0.350 e. The summed E-state index contributed by atoms with van der Waals surface area (Å²) in [5, 5.41) is 5.83. The molecule has 1 atom stereocenters. The number of nitrogens with zero attached hydrogens (tertiary/aromatic N) is 4. The van der Waals surface area contributed by atoms with Crippen LogP contribution < -0.4 is 10.6 Å². The van der Waals surface area contributed by atoms with Crippen molar-refractivity contribution in [3.63, 3.8) is 0 Å². The van der Waals surface area contributed by atoms with Gasteiger partial charge in [0, 0.05) is 35.9 Å². The van der Waals surface area contributed by atoms with Gasteiger partial charge in [-0.2, -0.15) is 13.2 Å². The standard InChI is InChI=1S/C20H19F3N6O2S/c1-12-6-13(8-16(7-12)28-19-24-4-2-17(29-19)20(21,22)23)14-9-25-18(26-10-14)27-15-3-5-32(30,31)11-15/h2,4,6-10,15H,3,5,11H2,1H3,(H,24,28,29)(H,25,26,27). The van der Waals surface area contributed by atoms with E-state index in [1.165, 1.54) is 0 Å². The van der Waals surface area contributed by atoms with Crippen molar-refractivity contribution in [1.29, 1.82) is 0 Å². The van der Waals surface area contributed by atoms with Crippen molar-refractivity contribution in [2.75, 3.05) is 22.1 Å². The quantitative estimate of drug-likeness (QED) is 0.590. The number of hydrogen-bond acceptors (Lipinski definition) is 8. The van der Waals surface area contributed by atoms with Crippen LogP contribution in [0.15, 0.2) is 42.9 Å². The Morgan fingerprint density at radius 1 is 1.03 bits per heavy atom. The lowest BCUT2D eigenvalue weighted by atomic mass is 10.1. The van der Waals surface area contributed by atoms with Crippen molar-refractivity contribution in [2.24, 2.45) is 0 Å². The average Bonchev–Trinajstić information content (AvgIpc) is 3.06. The average molecular weight is 464 g/mol. The number of benzene rings is 1. The van der Waals surface area contributed by atoms with E-state index in [1.807, 2.05) is 13.0 Å². The Balaban J connectivity index is 1.51. The topological polar surface area (TPSA) is 110 Å². The minimum absolute atomic E-state index is 0.0582. The maximum atomic E-state index is 12.9. The van der Waals surface area contributed by atoms with Crippen LogP contribution in [-0.2, 0) is 16.0 Å². The molecule has 0 saturated carbocycles. The first-order valence-electron chi connectivity index (χ1n) is 9.66. The number of rotatable bonds is 5. The van der Waals surface area contributed by atoms with E-state index in [1.54, 1.807) is 24.5 Å². The van der Waals surface area contributed by atoms with E-state index in [0.29, 0.717) is 23.6 Å². The van der Waals surface area contributed by atoms with Crippen molar-refractivity contribution < 1.29 is 21.6 Å². The molecule has 8 nitrogen and oxygen atoms in total. The van der Waals surface area contributed by atoms with Crippen LogP contribution in [0.1, 0.15) is 17.7 Å². The van der Waals surface area contributed by atoms with E-state index >= 15 is 0 Å². The summed E-state index contributed by atoms with van der Waals surface area (Å²) in [7, 11) is -3.01. The minimum atomic E-state index is -4.56. The molecule has 1 fully saturated rings. The Hall–Kier alpha value is -3.28. The maximum absolute atomic E-state index is 12.9. The fraction of sp³-hybridized carbons (Fsp3) is 0.300. The molecule has 32 heavy (non-hydrogen) atoms. The van der Waals surface area contributed by atoms with Gasteiger partial charge in [0.1, 0.15) is 5.69 Å². The van der Waals surface area contributed by atoms with Crippen LogP contribution in [0.2, 0.25) is 0 Å². The zero-order valence-electron chi connectivity index (χ0n) is 16.9. The lowest BCUT2D eigenvalue weighted by molar-refractivity contribution is -0.141. The van der Waals surface area contributed by atoms with E-state index in [0.717, 1.165) is 23.4 Å². The Kier molecular flexibility index (Phi) is 5.71. The zero-order chi connectivity index (χ0) is 22.9. The highest BCUT2D eigenvalue weighted by Gasteiger charge is 2.32. The maximum Gasteiger partial charge on any atom is 0.433 e. The molecule has 2 N–H and O–H groups in total. The summed E-state index contributed by atoms with van der Waals surface area (Å²) in [5.74, 6) is 0.373. The largest absolute Gasteiger partial charge is 0.433 e. The van der Waals surface area contributed by atoms with Crippen LogP contribution in [0.3, 0.4) is 0 Å². The predicted molar refractivity (Wildman–Crippen MR) is 113 cm³/mol. The molecular formula is C20H19F3N6O2S. The number of sulfone groups is 1. The molecule has 1 aromatic carbocycles. The number of hydrogen-bond donors (Lipinski definition) is 2. The summed E-state index contributed by atoms with van der Waals surface area (Å²) in [6.45, 7) is 1.85. The van der Waals surface area contributed by atoms with Crippen LogP contribution in [0.25, 0.3) is 11.1 Å². The Labute approximate surface area is 182 Å². The van der Waals surface area contributed by atoms with Crippen molar-refractivity contribution in [2.45, 2.75) is 25.6 Å². The summed E-state index contributed by atoms with van der Waals surface area (Å²) in [6, 6.07) is 5.96. The second-order valence-electron chi connectivity index (χ2n) is 7.52. The first-order valence-corrected chi connectivity index (χ1v) is 11.5. The lowest BCUT2D eigenvalue weighted by Gasteiger charge is -2.12. The molecule has 0 spiro atoms. The summed E-state index contributed by atoms with van der Waals surface area (Å²) in [6.07, 6.45) is 0.186. The molecule has 12 heteroatoms. The lowest BCUT2D eigenvalue weighted by Crippen LogP contribution is -2.21. The molecule has 0 radical (unpaired) electrons. The Morgan fingerprint density at radius 3 is 2.44 bits per heavy atom. The summed E-state index contributed by atoms with van der Waals surface area (Å²) in [4.78, 5) is 15.9. The monoisotopic (exact) mass is 464 g/mol. The van der Waals surface area contributed by atoms with Crippen molar-refractivity contribution in [3.8, 4) is 11.1 Å². The van der Waals surface area contributed by atoms with Gasteiger partial charge in [0.05, 0.1) is 11.5 Å². The van der Waals surface area contributed by atoms with Gasteiger partial charge < -0.3 is 10.6 Å². The number of anilines is 3. The molecule has 3 heterocycles. The second kappa shape index (κ2) is 8.34. The van der Waals surface area contributed by atoms with Gasteiger partial charge in [0.25, 0.3) is 0 Å². The third kappa shape index (κ3) is 5.31. The predicted octanol–water partition coefficient (Wildman–Crippen LogP) is 3.60. The van der Waals surface area contributed by atoms with Gasteiger partial charge >= 0.3 is 6.18 Å². The van der Waals surface area contributed by atoms with Crippen molar-refractivity contribution in [3.05, 3.63) is 54.1 Å². The molecule has 0 bridgehead atoms. The van der Waals surface area contributed by atoms with Crippen LogP contribution in [-0.4, -0.2) is 45.9 Å². The van der Waals surface area contributed by atoms with Crippen molar-refractivity contribution >= 4 is 27.4 Å². The molecule has 0 amide bonds. The first kappa shape index (κ1) is 21.9. The fourth-order valence-electron chi connectivity index (χ4n) is 3.37. The molecule has 1 aliphatic heterocycles. The number of aromatic nitrogens is 4. The summed E-state index contributed by atoms with van der Waals surface area (Å²) in [5.41, 5.74) is 1.77. The molecule has 1 saturated heterocycles. The molecule has 0 aliphatic carbocycles. The number of aryl methyl sites for hydroxylation is 1. The number of halogens is 3. The van der Waals surface area contributed by atoms with Gasteiger partial charge in [-0.05, 0) is 42.7 Å². The third-order valence-electron chi connectivity index (χ3n) is 4.83. The van der Waals surface area contributed by atoms with Crippen LogP contribution in [0.5, 0.6) is 0 Å². The molecule has 168 valence electrons. The molecular weight excluding hydrogens is 445 g/mol. The first-order chi connectivity index (χ1) is 15.1. The highest BCUT2D eigenvalue weighted by Crippen LogP contribution is 2.29. The van der Waals surface area contributed by atoms with E-state index in [4.69, 9.17) is 0 Å². The fourth-order valence-corrected chi connectivity index (χ4v) is 5.04. The highest BCUT2D eigenvalue weighted by atomic mass is 32.2.